The van der Waals surface area contributed by atoms with Crippen LogP contribution in [0.25, 0.3) is 0 Å². The number of thiocarbonyl (C=S) groups is 1. The van der Waals surface area contributed by atoms with Crippen molar-refractivity contribution in [3.63, 3.8) is 0 Å². The van der Waals surface area contributed by atoms with Crippen LogP contribution in [0.15, 0.2) is 24.3 Å². The van der Waals surface area contributed by atoms with Gasteiger partial charge in [0.05, 0.1) is 5.56 Å². The van der Waals surface area contributed by atoms with Crippen LogP contribution in [0.1, 0.15) is 18.9 Å². The molecule has 0 heterocycles. The first kappa shape index (κ1) is 16.2. The molecule has 0 bridgehead atoms. The zero-order valence-electron chi connectivity index (χ0n) is 12.7. The molecule has 0 saturated heterocycles. The van der Waals surface area contributed by atoms with Gasteiger partial charge in [-0.25, -0.2) is 0 Å². The second-order valence-corrected chi connectivity index (χ2v) is 6.46. The van der Waals surface area contributed by atoms with Gasteiger partial charge in [-0.1, -0.05) is 31.3 Å². The Labute approximate surface area is 131 Å². The molecule has 2 rings (SSSR count). The smallest absolute Gasteiger partial charge is 0.129 e. The molecule has 3 N–H and O–H groups in total. The summed E-state index contributed by atoms with van der Waals surface area (Å²) in [6, 6.07) is 7.37. The summed E-state index contributed by atoms with van der Waals surface area (Å²) >= 11 is 4.99. The number of nitrogens with zero attached hydrogens (tertiary/aromatic N) is 1. The summed E-state index contributed by atoms with van der Waals surface area (Å²) in [6.45, 7) is 4.16. The molecule has 3 atom stereocenters. The Balaban J connectivity index is 1.78. The summed E-state index contributed by atoms with van der Waals surface area (Å²) in [5.41, 5.74) is 6.37. The van der Waals surface area contributed by atoms with E-state index in [1.54, 1.807) is 0 Å². The minimum atomic E-state index is -0.525. The van der Waals surface area contributed by atoms with E-state index in [0.29, 0.717) is 22.8 Å². The summed E-state index contributed by atoms with van der Waals surface area (Å²) < 4.78 is 5.66. The zero-order valence-corrected chi connectivity index (χ0v) is 13.5. The Morgan fingerprint density at radius 3 is 2.81 bits per heavy atom. The number of aliphatic hydroxyl groups is 1. The first-order valence-corrected chi connectivity index (χ1v) is 7.76. The summed E-state index contributed by atoms with van der Waals surface area (Å²) in [5, 5.41) is 10.1. The standard InChI is InChI=1S/C16H24N2O2S/c1-11-7-12(11)8-18(2)9-13(19)10-20-15-6-4-3-5-14(15)16(17)21/h3-6,11-13,19H,7-10H2,1-2H3,(H2,17,21). The molecule has 3 unspecified atom stereocenters. The van der Waals surface area contributed by atoms with Crippen LogP contribution in [-0.2, 0) is 0 Å². The number of aliphatic hydroxyl groups excluding tert-OH is 1. The lowest BCUT2D eigenvalue weighted by Gasteiger charge is -2.21. The lowest BCUT2D eigenvalue weighted by Crippen LogP contribution is -2.34. The van der Waals surface area contributed by atoms with Crippen molar-refractivity contribution >= 4 is 17.2 Å². The monoisotopic (exact) mass is 308 g/mol. The number of nitrogens with two attached hydrogens (primary N) is 1. The largest absolute Gasteiger partial charge is 0.490 e. The second-order valence-electron chi connectivity index (χ2n) is 6.02. The number of hydrogen-bond donors (Lipinski definition) is 2. The predicted molar refractivity (Wildman–Crippen MR) is 88.6 cm³/mol. The maximum absolute atomic E-state index is 10.1. The summed E-state index contributed by atoms with van der Waals surface area (Å²) in [6.07, 6.45) is 0.779. The number of rotatable bonds is 8. The second kappa shape index (κ2) is 7.20. The molecule has 116 valence electrons. The van der Waals surface area contributed by atoms with E-state index in [0.717, 1.165) is 18.4 Å². The van der Waals surface area contributed by atoms with Gasteiger partial charge in [0, 0.05) is 13.1 Å². The minimum Gasteiger partial charge on any atom is -0.490 e. The van der Waals surface area contributed by atoms with Gasteiger partial charge < -0.3 is 20.5 Å². The van der Waals surface area contributed by atoms with Crippen LogP contribution in [0.2, 0.25) is 0 Å². The van der Waals surface area contributed by atoms with E-state index in [9.17, 15) is 5.11 Å². The molecule has 1 saturated carbocycles. The van der Waals surface area contributed by atoms with E-state index < -0.39 is 6.10 Å². The normalized spacial score (nSPS) is 22.1. The Kier molecular flexibility index (Phi) is 5.56. The number of para-hydroxylation sites is 1. The summed E-state index contributed by atoms with van der Waals surface area (Å²) in [4.78, 5) is 2.47. The van der Waals surface area contributed by atoms with Crippen LogP contribution < -0.4 is 10.5 Å². The van der Waals surface area contributed by atoms with Crippen LogP contribution in [0.4, 0.5) is 0 Å². The number of hydrogen-bond acceptors (Lipinski definition) is 4. The maximum atomic E-state index is 10.1. The van der Waals surface area contributed by atoms with E-state index in [1.807, 2.05) is 31.3 Å². The predicted octanol–water partition coefficient (Wildman–Crippen LogP) is 1.65. The highest BCUT2D eigenvalue weighted by Crippen LogP contribution is 2.37. The molecule has 0 spiro atoms. The molecule has 4 nitrogen and oxygen atoms in total. The number of benzene rings is 1. The van der Waals surface area contributed by atoms with Crippen molar-refractivity contribution in [2.24, 2.45) is 17.6 Å². The van der Waals surface area contributed by atoms with E-state index in [4.69, 9.17) is 22.7 Å². The van der Waals surface area contributed by atoms with Crippen molar-refractivity contribution in [2.75, 3.05) is 26.7 Å². The SMILES string of the molecule is CC1CC1CN(C)CC(O)COc1ccccc1C(N)=S. The molecular formula is C16H24N2O2S. The van der Waals surface area contributed by atoms with Crippen molar-refractivity contribution < 1.29 is 9.84 Å². The molecule has 1 aromatic carbocycles. The van der Waals surface area contributed by atoms with Gasteiger partial charge >= 0.3 is 0 Å². The number of likely N-dealkylation sites (N-methyl/N-ethyl adjacent to an activating group) is 1. The lowest BCUT2D eigenvalue weighted by molar-refractivity contribution is 0.0747. The molecule has 0 amide bonds. The van der Waals surface area contributed by atoms with Crippen LogP contribution in [0, 0.1) is 11.8 Å². The Morgan fingerprint density at radius 1 is 1.52 bits per heavy atom. The minimum absolute atomic E-state index is 0.240. The molecule has 1 aliphatic rings. The lowest BCUT2D eigenvalue weighted by atomic mass is 10.2. The highest BCUT2D eigenvalue weighted by molar-refractivity contribution is 7.80. The number of ether oxygens (including phenoxy) is 1. The molecule has 0 aliphatic heterocycles. The van der Waals surface area contributed by atoms with Gasteiger partial charge in [-0.3, -0.25) is 0 Å². The molecule has 5 heteroatoms. The van der Waals surface area contributed by atoms with Crippen LogP contribution in [-0.4, -0.2) is 47.8 Å². The molecule has 1 aliphatic carbocycles. The van der Waals surface area contributed by atoms with Crippen molar-refractivity contribution in [3.05, 3.63) is 29.8 Å². The zero-order chi connectivity index (χ0) is 15.4. The van der Waals surface area contributed by atoms with Crippen LogP contribution >= 0.6 is 12.2 Å². The van der Waals surface area contributed by atoms with Gasteiger partial charge in [0.1, 0.15) is 23.4 Å². The van der Waals surface area contributed by atoms with Crippen molar-refractivity contribution in [1.29, 1.82) is 0 Å². The van der Waals surface area contributed by atoms with Gasteiger partial charge in [0.15, 0.2) is 0 Å². The van der Waals surface area contributed by atoms with E-state index in [2.05, 4.69) is 11.8 Å². The van der Waals surface area contributed by atoms with Crippen molar-refractivity contribution in [1.82, 2.24) is 4.90 Å². The van der Waals surface area contributed by atoms with Crippen LogP contribution in [0.3, 0.4) is 0 Å². The molecule has 1 fully saturated rings. The summed E-state index contributed by atoms with van der Waals surface area (Å²) in [5.74, 6) is 2.25. The Bertz CT molecular complexity index is 495. The topological polar surface area (TPSA) is 58.7 Å². The fourth-order valence-corrected chi connectivity index (χ4v) is 2.69. The van der Waals surface area contributed by atoms with Crippen molar-refractivity contribution in [3.8, 4) is 5.75 Å². The first-order chi connectivity index (χ1) is 9.97. The van der Waals surface area contributed by atoms with Gasteiger partial charge in [-0.2, -0.15) is 0 Å². The average Bonchev–Trinajstić information content (AvgIpc) is 3.11. The van der Waals surface area contributed by atoms with E-state index >= 15 is 0 Å². The fraction of sp³-hybridized carbons (Fsp3) is 0.562. The third kappa shape index (κ3) is 4.95. The van der Waals surface area contributed by atoms with Gasteiger partial charge in [0.2, 0.25) is 0 Å². The molecular weight excluding hydrogens is 284 g/mol. The highest BCUT2D eigenvalue weighted by atomic mass is 32.1. The van der Waals surface area contributed by atoms with Gasteiger partial charge in [-0.15, -0.1) is 0 Å². The van der Waals surface area contributed by atoms with Crippen molar-refractivity contribution in [2.45, 2.75) is 19.4 Å². The first-order valence-electron chi connectivity index (χ1n) is 7.35. The van der Waals surface area contributed by atoms with Gasteiger partial charge in [0.25, 0.3) is 0 Å². The quantitative estimate of drug-likeness (QED) is 0.715. The van der Waals surface area contributed by atoms with Crippen LogP contribution in [0.5, 0.6) is 5.75 Å². The molecule has 0 radical (unpaired) electrons. The highest BCUT2D eigenvalue weighted by Gasteiger charge is 2.33. The average molecular weight is 308 g/mol. The molecule has 1 aromatic rings. The molecule has 0 aromatic heterocycles. The third-order valence-electron chi connectivity index (χ3n) is 3.93. The Morgan fingerprint density at radius 2 is 2.19 bits per heavy atom. The Hall–Kier alpha value is -1.17. The fourth-order valence-electron chi connectivity index (χ4n) is 2.52. The summed E-state index contributed by atoms with van der Waals surface area (Å²) in [7, 11) is 2.04. The molecule has 21 heavy (non-hydrogen) atoms. The third-order valence-corrected chi connectivity index (χ3v) is 4.15. The van der Waals surface area contributed by atoms with E-state index in [-0.39, 0.29) is 6.61 Å². The van der Waals surface area contributed by atoms with E-state index in [1.165, 1.54) is 6.42 Å². The van der Waals surface area contributed by atoms with Gasteiger partial charge in [-0.05, 0) is 37.4 Å². The maximum Gasteiger partial charge on any atom is 0.129 e.